The Balaban J connectivity index is 2.52. The van der Waals surface area contributed by atoms with Gasteiger partial charge in [0.2, 0.25) is 0 Å². The number of alkyl halides is 3. The Morgan fingerprint density at radius 3 is 2.71 bits per heavy atom. The molecule has 0 spiro atoms. The Labute approximate surface area is 125 Å². The van der Waals surface area contributed by atoms with E-state index in [1.807, 2.05) is 0 Å². The van der Waals surface area contributed by atoms with E-state index in [4.69, 9.17) is 4.74 Å². The molecule has 0 aliphatic rings. The number of anilines is 1. The van der Waals surface area contributed by atoms with Crippen LogP contribution in [-0.4, -0.2) is 38.2 Å². The molecular formula is C13H17F3N2O2S. The molecule has 118 valence electrons. The zero-order valence-corrected chi connectivity index (χ0v) is 12.3. The maximum atomic E-state index is 12.2. The summed E-state index contributed by atoms with van der Waals surface area (Å²) < 4.78 is 41.6. The summed E-state index contributed by atoms with van der Waals surface area (Å²) in [6.45, 7) is 0.954. The van der Waals surface area contributed by atoms with Gasteiger partial charge in [0.25, 0.3) is 0 Å². The first kappa shape index (κ1) is 17.6. The quantitative estimate of drug-likeness (QED) is 0.597. The number of nitrogens with one attached hydrogen (secondary N) is 2. The second-order valence-corrected chi connectivity index (χ2v) is 5.14. The average molecular weight is 322 g/mol. The van der Waals surface area contributed by atoms with Crippen LogP contribution >= 0.6 is 11.8 Å². The van der Waals surface area contributed by atoms with Gasteiger partial charge in [0.05, 0.1) is 11.4 Å². The summed E-state index contributed by atoms with van der Waals surface area (Å²) in [5, 5.41) is 5.15. The molecule has 0 aliphatic heterocycles. The van der Waals surface area contributed by atoms with Gasteiger partial charge in [-0.1, -0.05) is 12.1 Å². The maximum Gasteiger partial charge on any atom is 0.398 e. The van der Waals surface area contributed by atoms with Crippen LogP contribution in [0.25, 0.3) is 0 Å². The van der Waals surface area contributed by atoms with Crippen molar-refractivity contribution in [2.45, 2.75) is 17.5 Å². The minimum absolute atomic E-state index is 0.357. The lowest BCUT2D eigenvalue weighted by atomic mass is 10.3. The Hall–Kier alpha value is -1.41. The molecular weight excluding hydrogens is 305 g/mol. The van der Waals surface area contributed by atoms with Gasteiger partial charge in [0.1, 0.15) is 0 Å². The second-order valence-electron chi connectivity index (χ2n) is 4.13. The molecule has 0 heterocycles. The number of para-hydroxylation sites is 1. The van der Waals surface area contributed by atoms with Crippen molar-refractivity contribution in [3.8, 4) is 0 Å². The van der Waals surface area contributed by atoms with Gasteiger partial charge in [0, 0.05) is 25.2 Å². The molecule has 0 aromatic heterocycles. The molecule has 21 heavy (non-hydrogen) atoms. The van der Waals surface area contributed by atoms with Crippen LogP contribution in [0.3, 0.4) is 0 Å². The molecule has 2 N–H and O–H groups in total. The number of hydrogen-bond donors (Lipinski definition) is 2. The number of urea groups is 1. The van der Waals surface area contributed by atoms with Crippen LogP contribution in [-0.2, 0) is 4.74 Å². The number of carbonyl (C=O) groups excluding carboxylic acids is 1. The van der Waals surface area contributed by atoms with Crippen molar-refractivity contribution in [2.75, 3.05) is 31.3 Å². The summed E-state index contributed by atoms with van der Waals surface area (Å²) in [7, 11) is 1.56. The van der Waals surface area contributed by atoms with Crippen LogP contribution in [0.4, 0.5) is 23.7 Å². The van der Waals surface area contributed by atoms with E-state index in [2.05, 4.69) is 10.6 Å². The fourth-order valence-electron chi connectivity index (χ4n) is 1.44. The number of thioether (sulfide) groups is 1. The van der Waals surface area contributed by atoms with Crippen molar-refractivity contribution in [1.82, 2.24) is 5.32 Å². The van der Waals surface area contributed by atoms with Crippen molar-refractivity contribution in [2.24, 2.45) is 0 Å². The first-order valence-electron chi connectivity index (χ1n) is 6.25. The van der Waals surface area contributed by atoms with Crippen molar-refractivity contribution in [3.05, 3.63) is 24.3 Å². The minimum Gasteiger partial charge on any atom is -0.385 e. The second kappa shape index (κ2) is 8.78. The smallest absolute Gasteiger partial charge is 0.385 e. The summed E-state index contributed by atoms with van der Waals surface area (Å²) in [4.78, 5) is 12.0. The third-order valence-electron chi connectivity index (χ3n) is 2.34. The Kier molecular flexibility index (Phi) is 7.38. The molecule has 8 heteroatoms. The van der Waals surface area contributed by atoms with Crippen molar-refractivity contribution < 1.29 is 22.7 Å². The summed E-state index contributed by atoms with van der Waals surface area (Å²) in [6, 6.07) is 5.93. The summed E-state index contributed by atoms with van der Waals surface area (Å²) in [6.07, 6.45) is -3.59. The first-order chi connectivity index (χ1) is 9.92. The van der Waals surface area contributed by atoms with Crippen LogP contribution in [0.15, 0.2) is 29.2 Å². The van der Waals surface area contributed by atoms with Gasteiger partial charge in [-0.15, -0.1) is 11.8 Å². The molecule has 0 radical (unpaired) electrons. The highest BCUT2D eigenvalue weighted by molar-refractivity contribution is 7.99. The van der Waals surface area contributed by atoms with E-state index in [1.165, 1.54) is 6.07 Å². The van der Waals surface area contributed by atoms with E-state index in [0.29, 0.717) is 41.9 Å². The van der Waals surface area contributed by atoms with Crippen LogP contribution in [0, 0.1) is 0 Å². The molecule has 1 aromatic rings. The Morgan fingerprint density at radius 1 is 1.33 bits per heavy atom. The number of amides is 2. The van der Waals surface area contributed by atoms with E-state index >= 15 is 0 Å². The van der Waals surface area contributed by atoms with E-state index in [1.54, 1.807) is 25.3 Å². The third-order valence-corrected chi connectivity index (χ3v) is 3.48. The van der Waals surface area contributed by atoms with E-state index < -0.39 is 18.0 Å². The number of hydrogen-bond acceptors (Lipinski definition) is 3. The zero-order valence-electron chi connectivity index (χ0n) is 11.5. The van der Waals surface area contributed by atoms with Gasteiger partial charge < -0.3 is 15.4 Å². The van der Waals surface area contributed by atoms with Crippen LogP contribution in [0.1, 0.15) is 6.42 Å². The minimum atomic E-state index is -4.25. The van der Waals surface area contributed by atoms with Gasteiger partial charge in [-0.25, -0.2) is 4.79 Å². The topological polar surface area (TPSA) is 50.4 Å². The molecule has 2 amide bonds. The predicted molar refractivity (Wildman–Crippen MR) is 76.7 cm³/mol. The van der Waals surface area contributed by atoms with Gasteiger partial charge in [-0.05, 0) is 18.6 Å². The summed E-state index contributed by atoms with van der Waals surface area (Å²) in [5.74, 6) is -0.999. The largest absolute Gasteiger partial charge is 0.398 e. The molecule has 1 rings (SSSR count). The number of rotatable bonds is 7. The lowest BCUT2D eigenvalue weighted by Gasteiger charge is -2.12. The Bertz CT molecular complexity index is 455. The molecule has 0 bridgehead atoms. The molecule has 0 unspecified atom stereocenters. The van der Waals surface area contributed by atoms with Crippen molar-refractivity contribution in [1.29, 1.82) is 0 Å². The standard InChI is InChI=1S/C13H17F3N2O2S/c1-20-8-4-7-17-12(19)18-10-5-2-3-6-11(10)21-9-13(14,15)16/h2-3,5-6H,4,7-9H2,1H3,(H2,17,18,19). The zero-order chi connectivity index (χ0) is 15.7. The number of carbonyl (C=O) groups is 1. The highest BCUT2D eigenvalue weighted by Crippen LogP contribution is 2.31. The molecule has 1 aromatic carbocycles. The van der Waals surface area contributed by atoms with Crippen LogP contribution < -0.4 is 10.6 Å². The Morgan fingerprint density at radius 2 is 2.05 bits per heavy atom. The van der Waals surface area contributed by atoms with E-state index in [0.717, 1.165) is 0 Å². The average Bonchev–Trinajstić information content (AvgIpc) is 2.42. The van der Waals surface area contributed by atoms with Crippen molar-refractivity contribution in [3.63, 3.8) is 0 Å². The third kappa shape index (κ3) is 7.81. The molecule has 4 nitrogen and oxygen atoms in total. The molecule has 0 saturated carbocycles. The van der Waals surface area contributed by atoms with Gasteiger partial charge in [-0.3, -0.25) is 0 Å². The maximum absolute atomic E-state index is 12.2. The van der Waals surface area contributed by atoms with Gasteiger partial charge >= 0.3 is 12.2 Å². The summed E-state index contributed by atoms with van der Waals surface area (Å²) >= 11 is 0.640. The van der Waals surface area contributed by atoms with E-state index in [9.17, 15) is 18.0 Å². The number of ether oxygens (including phenoxy) is 1. The first-order valence-corrected chi connectivity index (χ1v) is 7.23. The van der Waals surface area contributed by atoms with Crippen LogP contribution in [0.5, 0.6) is 0 Å². The SMILES string of the molecule is COCCCNC(=O)Nc1ccccc1SCC(F)(F)F. The van der Waals surface area contributed by atoms with E-state index in [-0.39, 0.29) is 0 Å². The van der Waals surface area contributed by atoms with Crippen LogP contribution in [0.2, 0.25) is 0 Å². The fourth-order valence-corrected chi connectivity index (χ4v) is 2.21. The molecule has 0 fully saturated rings. The number of halogens is 3. The molecule has 0 atom stereocenters. The van der Waals surface area contributed by atoms with Gasteiger partial charge in [-0.2, -0.15) is 13.2 Å². The fraction of sp³-hybridized carbons (Fsp3) is 0.462. The highest BCUT2D eigenvalue weighted by atomic mass is 32.2. The lowest BCUT2D eigenvalue weighted by molar-refractivity contribution is -0.105. The normalized spacial score (nSPS) is 11.2. The monoisotopic (exact) mass is 322 g/mol. The molecule has 0 aliphatic carbocycles. The lowest BCUT2D eigenvalue weighted by Crippen LogP contribution is -2.30. The predicted octanol–water partition coefficient (Wildman–Crippen LogP) is 3.50. The number of benzene rings is 1. The van der Waals surface area contributed by atoms with Crippen molar-refractivity contribution >= 4 is 23.5 Å². The van der Waals surface area contributed by atoms with Gasteiger partial charge in [0.15, 0.2) is 0 Å². The summed E-state index contributed by atoms with van der Waals surface area (Å²) in [5.41, 5.74) is 0.357. The highest BCUT2D eigenvalue weighted by Gasteiger charge is 2.27. The number of methoxy groups -OCH3 is 1. The molecule has 0 saturated heterocycles.